The molecule has 2 heterocycles. The first-order chi connectivity index (χ1) is 9.76. The maximum atomic E-state index is 12.1. The average Bonchev–Trinajstić information content (AvgIpc) is 3.10. The van der Waals surface area contributed by atoms with E-state index in [9.17, 15) is 4.79 Å². The van der Waals surface area contributed by atoms with Gasteiger partial charge in [0.05, 0.1) is 0 Å². The zero-order valence-corrected chi connectivity index (χ0v) is 11.9. The topological polar surface area (TPSA) is 77.6 Å². The van der Waals surface area contributed by atoms with Crippen LogP contribution < -0.4 is 5.32 Å². The Kier molecular flexibility index (Phi) is 4.86. The van der Waals surface area contributed by atoms with Crippen molar-refractivity contribution in [2.75, 3.05) is 6.54 Å². The van der Waals surface area contributed by atoms with Gasteiger partial charge >= 0.3 is 0 Å². The number of carbonyl (C=O) groups is 1. The van der Waals surface area contributed by atoms with Crippen LogP contribution in [0, 0.1) is 0 Å². The van der Waals surface area contributed by atoms with Crippen LogP contribution >= 0.6 is 0 Å². The van der Waals surface area contributed by atoms with Crippen LogP contribution in [0.1, 0.15) is 32.1 Å². The third-order valence-electron chi connectivity index (χ3n) is 3.22. The molecule has 0 aliphatic rings. The van der Waals surface area contributed by atoms with Crippen molar-refractivity contribution in [3.8, 4) is 0 Å². The molecule has 0 bridgehead atoms. The van der Waals surface area contributed by atoms with Crippen molar-refractivity contribution in [1.82, 2.24) is 29.9 Å². The highest BCUT2D eigenvalue weighted by Gasteiger charge is 2.18. The quantitative estimate of drug-likeness (QED) is 0.811. The number of hydrogen-bond donors (Lipinski definition) is 1. The first-order valence-corrected chi connectivity index (χ1v) is 6.89. The lowest BCUT2D eigenvalue weighted by Crippen LogP contribution is -2.34. The van der Waals surface area contributed by atoms with E-state index in [-0.39, 0.29) is 11.9 Å². The minimum atomic E-state index is -0.256. The molecule has 108 valence electrons. The molecule has 0 aliphatic carbocycles. The Morgan fingerprint density at radius 2 is 2.30 bits per heavy atom. The van der Waals surface area contributed by atoms with Crippen molar-refractivity contribution in [3.63, 3.8) is 0 Å². The molecule has 2 aromatic rings. The van der Waals surface area contributed by atoms with Crippen LogP contribution in [-0.2, 0) is 17.8 Å². The van der Waals surface area contributed by atoms with Gasteiger partial charge < -0.3 is 9.88 Å². The van der Waals surface area contributed by atoms with E-state index < -0.39 is 0 Å². The SMILES string of the molecule is CC[C@H](C(=O)NCCc1nncn1CC)n1cccn1. The van der Waals surface area contributed by atoms with Crippen LogP contribution in [0.25, 0.3) is 0 Å². The highest BCUT2D eigenvalue weighted by Crippen LogP contribution is 2.09. The van der Waals surface area contributed by atoms with Crippen molar-refractivity contribution >= 4 is 5.91 Å². The van der Waals surface area contributed by atoms with Crippen LogP contribution in [0.4, 0.5) is 0 Å². The molecular weight excluding hydrogens is 256 g/mol. The Morgan fingerprint density at radius 1 is 1.45 bits per heavy atom. The van der Waals surface area contributed by atoms with E-state index in [0.29, 0.717) is 19.4 Å². The second-order valence-electron chi connectivity index (χ2n) is 4.48. The first kappa shape index (κ1) is 14.2. The molecular formula is C13H20N6O. The fourth-order valence-electron chi connectivity index (χ4n) is 2.11. The maximum Gasteiger partial charge on any atom is 0.244 e. The summed E-state index contributed by atoms with van der Waals surface area (Å²) in [6, 6.07) is 1.56. The largest absolute Gasteiger partial charge is 0.354 e. The monoisotopic (exact) mass is 276 g/mol. The Hall–Kier alpha value is -2.18. The minimum absolute atomic E-state index is 0.0150. The molecule has 0 fully saturated rings. The predicted octanol–water partition coefficient (Wildman–Crippen LogP) is 0.804. The number of nitrogens with one attached hydrogen (secondary N) is 1. The van der Waals surface area contributed by atoms with Crippen molar-refractivity contribution in [3.05, 3.63) is 30.6 Å². The summed E-state index contributed by atoms with van der Waals surface area (Å²) in [5.41, 5.74) is 0. The molecule has 2 rings (SSSR count). The zero-order chi connectivity index (χ0) is 14.4. The number of rotatable bonds is 7. The second kappa shape index (κ2) is 6.83. The lowest BCUT2D eigenvalue weighted by Gasteiger charge is -2.15. The van der Waals surface area contributed by atoms with Crippen LogP contribution in [0.2, 0.25) is 0 Å². The van der Waals surface area contributed by atoms with Gasteiger partial charge in [0.2, 0.25) is 5.91 Å². The van der Waals surface area contributed by atoms with E-state index in [4.69, 9.17) is 0 Å². The summed E-state index contributed by atoms with van der Waals surface area (Å²) in [7, 11) is 0. The zero-order valence-electron chi connectivity index (χ0n) is 11.9. The number of aryl methyl sites for hydroxylation is 1. The van der Waals surface area contributed by atoms with E-state index in [1.165, 1.54) is 0 Å². The van der Waals surface area contributed by atoms with Crippen molar-refractivity contribution in [1.29, 1.82) is 0 Å². The molecule has 1 atom stereocenters. The van der Waals surface area contributed by atoms with E-state index in [0.717, 1.165) is 12.4 Å². The molecule has 1 amide bonds. The smallest absolute Gasteiger partial charge is 0.244 e. The summed E-state index contributed by atoms with van der Waals surface area (Å²) >= 11 is 0. The van der Waals surface area contributed by atoms with Gasteiger partial charge in [-0.25, -0.2) is 0 Å². The van der Waals surface area contributed by atoms with E-state index in [1.54, 1.807) is 17.2 Å². The lowest BCUT2D eigenvalue weighted by molar-refractivity contribution is -0.124. The Balaban J connectivity index is 1.86. The number of hydrogen-bond acceptors (Lipinski definition) is 4. The van der Waals surface area contributed by atoms with Crippen molar-refractivity contribution < 1.29 is 4.79 Å². The molecule has 20 heavy (non-hydrogen) atoms. The molecule has 0 saturated heterocycles. The number of aromatic nitrogens is 5. The highest BCUT2D eigenvalue weighted by molar-refractivity contribution is 5.80. The fraction of sp³-hybridized carbons (Fsp3) is 0.538. The van der Waals surface area contributed by atoms with Gasteiger partial charge in [-0.15, -0.1) is 10.2 Å². The molecule has 0 aliphatic heterocycles. The minimum Gasteiger partial charge on any atom is -0.354 e. The van der Waals surface area contributed by atoms with Gasteiger partial charge in [0.15, 0.2) is 0 Å². The first-order valence-electron chi connectivity index (χ1n) is 6.89. The Bertz CT molecular complexity index is 533. The summed E-state index contributed by atoms with van der Waals surface area (Å²) < 4.78 is 3.65. The lowest BCUT2D eigenvalue weighted by atomic mass is 10.2. The standard InChI is InChI=1S/C13H20N6O/c1-3-11(19-9-5-7-16-19)13(20)14-8-6-12-17-15-10-18(12)4-2/h5,7,9-11H,3-4,6,8H2,1-2H3,(H,14,20)/t11-/m1/s1. The molecule has 0 spiro atoms. The molecule has 7 nitrogen and oxygen atoms in total. The van der Waals surface area contributed by atoms with Crippen molar-refractivity contribution in [2.24, 2.45) is 0 Å². The van der Waals surface area contributed by atoms with Crippen LogP contribution in [0.3, 0.4) is 0 Å². The molecule has 7 heteroatoms. The van der Waals surface area contributed by atoms with Gasteiger partial charge in [-0.2, -0.15) is 5.10 Å². The maximum absolute atomic E-state index is 12.1. The van der Waals surface area contributed by atoms with Crippen molar-refractivity contribution in [2.45, 2.75) is 39.3 Å². The normalized spacial score (nSPS) is 12.3. The summed E-state index contributed by atoms with van der Waals surface area (Å²) in [5.74, 6) is 0.874. The van der Waals surface area contributed by atoms with Crippen LogP contribution in [0.5, 0.6) is 0 Å². The van der Waals surface area contributed by atoms with Gasteiger partial charge in [0.1, 0.15) is 18.2 Å². The summed E-state index contributed by atoms with van der Waals surface area (Å²) in [6.45, 7) is 5.40. The number of nitrogens with zero attached hydrogens (tertiary/aromatic N) is 5. The van der Waals surface area contributed by atoms with Crippen LogP contribution in [0.15, 0.2) is 24.8 Å². The molecule has 0 unspecified atom stereocenters. The molecule has 0 saturated carbocycles. The number of amides is 1. The van der Waals surface area contributed by atoms with Gasteiger partial charge in [-0.05, 0) is 19.4 Å². The molecule has 2 aromatic heterocycles. The van der Waals surface area contributed by atoms with Gasteiger partial charge in [-0.1, -0.05) is 6.92 Å². The van der Waals surface area contributed by atoms with Gasteiger partial charge in [0.25, 0.3) is 0 Å². The summed E-state index contributed by atoms with van der Waals surface area (Å²) in [4.78, 5) is 12.1. The van der Waals surface area contributed by atoms with E-state index in [2.05, 4.69) is 20.6 Å². The van der Waals surface area contributed by atoms with Gasteiger partial charge in [0, 0.05) is 31.9 Å². The Morgan fingerprint density at radius 3 is 2.95 bits per heavy atom. The summed E-state index contributed by atoms with van der Waals surface area (Å²) in [6.07, 6.45) is 6.57. The molecule has 0 radical (unpaired) electrons. The van der Waals surface area contributed by atoms with E-state index in [1.807, 2.05) is 30.7 Å². The molecule has 0 aromatic carbocycles. The third-order valence-corrected chi connectivity index (χ3v) is 3.22. The van der Waals surface area contributed by atoms with Gasteiger partial charge in [-0.3, -0.25) is 9.48 Å². The average molecular weight is 276 g/mol. The highest BCUT2D eigenvalue weighted by atomic mass is 16.2. The second-order valence-corrected chi connectivity index (χ2v) is 4.48. The predicted molar refractivity (Wildman–Crippen MR) is 74.0 cm³/mol. The fourth-order valence-corrected chi connectivity index (χ4v) is 2.11. The third kappa shape index (κ3) is 3.23. The van der Waals surface area contributed by atoms with E-state index >= 15 is 0 Å². The number of carbonyl (C=O) groups excluding carboxylic acids is 1. The molecule has 1 N–H and O–H groups in total. The Labute approximate surface area is 118 Å². The summed E-state index contributed by atoms with van der Waals surface area (Å²) in [5, 5.41) is 15.0. The van der Waals surface area contributed by atoms with Crippen LogP contribution in [-0.4, -0.2) is 37.0 Å².